The Balaban J connectivity index is 1.56. The highest BCUT2D eigenvalue weighted by molar-refractivity contribution is 6.31. The average molecular weight is 396 g/mol. The predicted octanol–water partition coefficient (Wildman–Crippen LogP) is 4.25. The maximum atomic E-state index is 12.9. The van der Waals surface area contributed by atoms with Crippen molar-refractivity contribution in [2.24, 2.45) is 5.41 Å². The fourth-order valence-electron chi connectivity index (χ4n) is 3.15. The number of hydrogen-bond donors (Lipinski definition) is 2. The first-order valence-corrected chi connectivity index (χ1v) is 9.21. The molecule has 1 aliphatic rings. The lowest BCUT2D eigenvalue weighted by Crippen LogP contribution is -2.35. The van der Waals surface area contributed by atoms with Gasteiger partial charge < -0.3 is 15.4 Å². The Kier molecular flexibility index (Phi) is 4.65. The Hall–Kier alpha value is -3.12. The van der Waals surface area contributed by atoms with Crippen molar-refractivity contribution in [3.8, 4) is 5.75 Å². The topological polar surface area (TPSA) is 80.3 Å². The van der Waals surface area contributed by atoms with Crippen LogP contribution in [0.15, 0.2) is 54.7 Å². The Morgan fingerprint density at radius 1 is 1.04 bits per heavy atom. The highest BCUT2D eigenvalue weighted by Crippen LogP contribution is 2.48. The second-order valence-corrected chi connectivity index (χ2v) is 7.15. The lowest BCUT2D eigenvalue weighted by atomic mass is 10.0. The quantitative estimate of drug-likeness (QED) is 0.633. The van der Waals surface area contributed by atoms with Crippen LogP contribution >= 0.6 is 11.6 Å². The fourth-order valence-corrected chi connectivity index (χ4v) is 3.32. The molecule has 7 heteroatoms. The number of pyridine rings is 1. The first kappa shape index (κ1) is 18.3. The van der Waals surface area contributed by atoms with Gasteiger partial charge in [-0.1, -0.05) is 29.8 Å². The van der Waals surface area contributed by atoms with Crippen molar-refractivity contribution in [2.75, 3.05) is 17.7 Å². The van der Waals surface area contributed by atoms with Crippen molar-refractivity contribution < 1.29 is 14.3 Å². The standard InChI is InChI=1S/C21H18ClN3O3/c1-28-17-8-7-14(22)12-16(17)25-20(27)21(9-10-21)19(26)24-15-6-2-4-13-5-3-11-23-18(13)15/h2-8,11-12H,9-10H2,1H3,(H,24,26)(H,25,27). The van der Waals surface area contributed by atoms with Gasteiger partial charge in [-0.05, 0) is 43.2 Å². The van der Waals surface area contributed by atoms with E-state index in [0.29, 0.717) is 40.5 Å². The normalized spacial score (nSPS) is 14.4. The summed E-state index contributed by atoms with van der Waals surface area (Å²) in [6.45, 7) is 0. The molecule has 1 fully saturated rings. The largest absolute Gasteiger partial charge is 0.495 e. The van der Waals surface area contributed by atoms with Crippen LogP contribution < -0.4 is 15.4 Å². The summed E-state index contributed by atoms with van der Waals surface area (Å²) >= 11 is 6.02. The van der Waals surface area contributed by atoms with Crippen LogP contribution in [0.4, 0.5) is 11.4 Å². The highest BCUT2D eigenvalue weighted by atomic mass is 35.5. The zero-order valence-electron chi connectivity index (χ0n) is 15.2. The number of para-hydroxylation sites is 1. The van der Waals surface area contributed by atoms with Gasteiger partial charge in [0.05, 0.1) is 24.0 Å². The third-order valence-corrected chi connectivity index (χ3v) is 5.15. The van der Waals surface area contributed by atoms with E-state index in [1.165, 1.54) is 7.11 Å². The molecule has 0 saturated heterocycles. The molecule has 0 unspecified atom stereocenters. The second kappa shape index (κ2) is 7.13. The van der Waals surface area contributed by atoms with Gasteiger partial charge >= 0.3 is 0 Å². The molecule has 4 rings (SSSR count). The minimum atomic E-state index is -1.11. The molecule has 1 aromatic heterocycles. The molecular formula is C21H18ClN3O3. The summed E-state index contributed by atoms with van der Waals surface area (Å²) < 4.78 is 5.26. The van der Waals surface area contributed by atoms with E-state index in [9.17, 15) is 9.59 Å². The van der Waals surface area contributed by atoms with Gasteiger partial charge in [0.15, 0.2) is 0 Å². The third-order valence-electron chi connectivity index (χ3n) is 4.91. The molecule has 0 radical (unpaired) electrons. The number of nitrogens with one attached hydrogen (secondary N) is 2. The first-order valence-electron chi connectivity index (χ1n) is 8.84. The lowest BCUT2D eigenvalue weighted by Gasteiger charge is -2.17. The molecule has 2 N–H and O–H groups in total. The van der Waals surface area contributed by atoms with Crippen molar-refractivity contribution in [3.05, 3.63) is 59.8 Å². The Morgan fingerprint density at radius 2 is 1.75 bits per heavy atom. The van der Waals surface area contributed by atoms with Gasteiger partial charge in [-0.25, -0.2) is 0 Å². The molecule has 3 aromatic rings. The maximum Gasteiger partial charge on any atom is 0.240 e. The van der Waals surface area contributed by atoms with Crippen molar-refractivity contribution in [3.63, 3.8) is 0 Å². The number of ether oxygens (including phenoxy) is 1. The number of benzene rings is 2. The van der Waals surface area contributed by atoms with Gasteiger partial charge in [0.1, 0.15) is 11.2 Å². The molecule has 1 heterocycles. The van der Waals surface area contributed by atoms with E-state index in [4.69, 9.17) is 16.3 Å². The number of halogens is 1. The summed E-state index contributed by atoms with van der Waals surface area (Å²) in [6, 6.07) is 14.2. The van der Waals surface area contributed by atoms with Gasteiger partial charge in [0.25, 0.3) is 0 Å². The van der Waals surface area contributed by atoms with Crippen molar-refractivity contribution >= 4 is 45.7 Å². The highest BCUT2D eigenvalue weighted by Gasteiger charge is 2.56. The number of nitrogens with zero attached hydrogens (tertiary/aromatic N) is 1. The van der Waals surface area contributed by atoms with E-state index in [2.05, 4.69) is 15.6 Å². The van der Waals surface area contributed by atoms with Crippen LogP contribution in [0.5, 0.6) is 5.75 Å². The van der Waals surface area contributed by atoms with Crippen molar-refractivity contribution in [2.45, 2.75) is 12.8 Å². The monoisotopic (exact) mass is 395 g/mol. The van der Waals surface area contributed by atoms with Crippen LogP contribution in [0.25, 0.3) is 10.9 Å². The molecule has 0 aliphatic heterocycles. The molecule has 1 saturated carbocycles. The van der Waals surface area contributed by atoms with E-state index in [0.717, 1.165) is 5.39 Å². The molecule has 142 valence electrons. The van der Waals surface area contributed by atoms with Gasteiger partial charge in [-0.15, -0.1) is 0 Å². The zero-order valence-corrected chi connectivity index (χ0v) is 15.9. The SMILES string of the molecule is COc1ccc(Cl)cc1NC(=O)C1(C(=O)Nc2cccc3cccnc23)CC1. The van der Waals surface area contributed by atoms with Crippen LogP contribution in [-0.2, 0) is 9.59 Å². The molecule has 0 atom stereocenters. The maximum absolute atomic E-state index is 12.9. The van der Waals surface area contributed by atoms with Gasteiger partial charge in [-0.3, -0.25) is 14.6 Å². The molecule has 1 aliphatic carbocycles. The summed E-state index contributed by atoms with van der Waals surface area (Å²) in [5, 5.41) is 7.04. The Labute approximate surface area is 166 Å². The van der Waals surface area contributed by atoms with E-state index >= 15 is 0 Å². The lowest BCUT2D eigenvalue weighted by molar-refractivity contribution is -0.131. The summed E-state index contributed by atoms with van der Waals surface area (Å²) in [5.41, 5.74) is 0.601. The molecule has 0 spiro atoms. The van der Waals surface area contributed by atoms with E-state index in [-0.39, 0.29) is 11.8 Å². The number of hydrogen-bond acceptors (Lipinski definition) is 4. The molecule has 0 bridgehead atoms. The molecular weight excluding hydrogens is 378 g/mol. The van der Waals surface area contributed by atoms with Gasteiger partial charge in [0, 0.05) is 16.6 Å². The van der Waals surface area contributed by atoms with Crippen LogP contribution in [-0.4, -0.2) is 23.9 Å². The fraction of sp³-hybridized carbons (Fsp3) is 0.190. The van der Waals surface area contributed by atoms with Crippen LogP contribution in [0.3, 0.4) is 0 Å². The van der Waals surface area contributed by atoms with Gasteiger partial charge in [-0.2, -0.15) is 0 Å². The molecule has 2 aromatic carbocycles. The number of rotatable bonds is 5. The number of methoxy groups -OCH3 is 1. The zero-order chi connectivity index (χ0) is 19.7. The first-order chi connectivity index (χ1) is 13.5. The van der Waals surface area contributed by atoms with E-state index < -0.39 is 5.41 Å². The number of fused-ring (bicyclic) bond motifs is 1. The Morgan fingerprint density at radius 3 is 2.46 bits per heavy atom. The summed E-state index contributed by atoms with van der Waals surface area (Å²) in [6.07, 6.45) is 2.63. The van der Waals surface area contributed by atoms with Crippen LogP contribution in [0.2, 0.25) is 5.02 Å². The van der Waals surface area contributed by atoms with Crippen LogP contribution in [0.1, 0.15) is 12.8 Å². The molecule has 6 nitrogen and oxygen atoms in total. The van der Waals surface area contributed by atoms with Crippen LogP contribution in [0, 0.1) is 5.41 Å². The van der Waals surface area contributed by atoms with Gasteiger partial charge in [0.2, 0.25) is 11.8 Å². The van der Waals surface area contributed by atoms with E-state index in [1.807, 2.05) is 24.3 Å². The van der Waals surface area contributed by atoms with Crippen molar-refractivity contribution in [1.29, 1.82) is 0 Å². The number of aromatic nitrogens is 1. The second-order valence-electron chi connectivity index (χ2n) is 6.72. The predicted molar refractivity (Wildman–Crippen MR) is 109 cm³/mol. The molecule has 2 amide bonds. The number of anilines is 2. The minimum absolute atomic E-state index is 0.343. The average Bonchev–Trinajstić information content (AvgIpc) is 3.51. The number of amides is 2. The van der Waals surface area contributed by atoms with E-state index in [1.54, 1.807) is 30.5 Å². The summed E-state index contributed by atoms with van der Waals surface area (Å²) in [7, 11) is 1.51. The Bertz CT molecular complexity index is 1070. The summed E-state index contributed by atoms with van der Waals surface area (Å²) in [5.74, 6) is -0.241. The third kappa shape index (κ3) is 3.27. The smallest absolute Gasteiger partial charge is 0.240 e. The minimum Gasteiger partial charge on any atom is -0.495 e. The number of carbonyl (C=O) groups is 2. The van der Waals surface area contributed by atoms with Crippen molar-refractivity contribution in [1.82, 2.24) is 4.98 Å². The summed E-state index contributed by atoms with van der Waals surface area (Å²) in [4.78, 5) is 30.2. The number of carbonyl (C=O) groups excluding carboxylic acids is 2. The molecule has 28 heavy (non-hydrogen) atoms.